The molecule has 2 N–H and O–H groups in total. The second-order valence-electron chi connectivity index (χ2n) is 4.24. The van der Waals surface area contributed by atoms with Crippen LogP contribution in [0.3, 0.4) is 0 Å². The molecule has 0 atom stereocenters. The van der Waals surface area contributed by atoms with Crippen LogP contribution in [0.25, 0.3) is 11.1 Å². The average molecular weight is 257 g/mol. The minimum Gasteiger partial charge on any atom is -0.491 e. The lowest BCUT2D eigenvalue weighted by Crippen LogP contribution is -2.05. The summed E-state index contributed by atoms with van der Waals surface area (Å²) in [6.07, 6.45) is 0. The Morgan fingerprint density at radius 2 is 1.68 bits per heavy atom. The van der Waals surface area contributed by atoms with Gasteiger partial charge in [-0.25, -0.2) is 0 Å². The van der Waals surface area contributed by atoms with E-state index in [1.54, 1.807) is 7.11 Å². The molecule has 0 unspecified atom stereocenters. The fourth-order valence-corrected chi connectivity index (χ4v) is 1.89. The molecule has 0 aliphatic rings. The van der Waals surface area contributed by atoms with E-state index in [-0.39, 0.29) is 0 Å². The maximum absolute atomic E-state index is 5.74. The molecule has 0 bridgehead atoms. The summed E-state index contributed by atoms with van der Waals surface area (Å²) in [5, 5.41) is 0. The van der Waals surface area contributed by atoms with Gasteiger partial charge in [-0.05, 0) is 17.2 Å². The zero-order valence-electron chi connectivity index (χ0n) is 11.1. The highest BCUT2D eigenvalue weighted by Gasteiger charge is 2.05. The number of hydrogen-bond acceptors (Lipinski definition) is 3. The van der Waals surface area contributed by atoms with Crippen molar-refractivity contribution in [3.8, 4) is 16.9 Å². The van der Waals surface area contributed by atoms with Gasteiger partial charge in [0.1, 0.15) is 12.4 Å². The summed E-state index contributed by atoms with van der Waals surface area (Å²) in [4.78, 5) is 0. The Balaban J connectivity index is 2.22. The fraction of sp³-hybridized carbons (Fsp3) is 0.250. The Morgan fingerprint density at radius 3 is 2.37 bits per heavy atom. The van der Waals surface area contributed by atoms with Gasteiger partial charge in [0, 0.05) is 19.2 Å². The van der Waals surface area contributed by atoms with E-state index in [0.29, 0.717) is 19.8 Å². The molecule has 0 radical (unpaired) electrons. The Kier molecular flexibility index (Phi) is 4.95. The molecule has 2 aromatic rings. The smallest absolute Gasteiger partial charge is 0.127 e. The van der Waals surface area contributed by atoms with Gasteiger partial charge in [-0.3, -0.25) is 0 Å². The van der Waals surface area contributed by atoms with Crippen LogP contribution < -0.4 is 10.5 Å². The summed E-state index contributed by atoms with van der Waals surface area (Å²) in [7, 11) is 1.67. The first-order chi connectivity index (χ1) is 9.35. The lowest BCUT2D eigenvalue weighted by molar-refractivity contribution is 0.146. The van der Waals surface area contributed by atoms with Crippen LogP contribution in [0.1, 0.15) is 5.56 Å². The van der Waals surface area contributed by atoms with Crippen LogP contribution in [0.2, 0.25) is 0 Å². The summed E-state index contributed by atoms with van der Waals surface area (Å²) in [5.74, 6) is 0.875. The highest BCUT2D eigenvalue weighted by Crippen LogP contribution is 2.29. The Hall–Kier alpha value is -1.84. The molecule has 100 valence electrons. The zero-order valence-corrected chi connectivity index (χ0v) is 11.1. The molecule has 0 aliphatic carbocycles. The average Bonchev–Trinajstić information content (AvgIpc) is 2.48. The minimum absolute atomic E-state index is 0.550. The molecule has 0 heterocycles. The third-order valence-electron chi connectivity index (χ3n) is 2.93. The molecule has 3 nitrogen and oxygen atoms in total. The van der Waals surface area contributed by atoms with Crippen molar-refractivity contribution >= 4 is 0 Å². The third kappa shape index (κ3) is 3.56. The standard InChI is InChI=1S/C16H19NO2/c1-18-10-11-19-16-5-3-2-4-15(16)14-8-6-13(12-17)7-9-14/h2-9H,10-12,17H2,1H3. The van der Waals surface area contributed by atoms with Gasteiger partial charge in [0.25, 0.3) is 0 Å². The van der Waals surface area contributed by atoms with Crippen LogP contribution >= 0.6 is 0 Å². The maximum atomic E-state index is 5.74. The monoisotopic (exact) mass is 257 g/mol. The van der Waals surface area contributed by atoms with Gasteiger partial charge in [-0.15, -0.1) is 0 Å². The van der Waals surface area contributed by atoms with Crippen molar-refractivity contribution in [2.45, 2.75) is 6.54 Å². The fourth-order valence-electron chi connectivity index (χ4n) is 1.89. The van der Waals surface area contributed by atoms with Gasteiger partial charge in [0.15, 0.2) is 0 Å². The largest absolute Gasteiger partial charge is 0.491 e. The van der Waals surface area contributed by atoms with Crippen LogP contribution in [0.5, 0.6) is 5.75 Å². The predicted octanol–water partition coefficient (Wildman–Crippen LogP) is 2.84. The van der Waals surface area contributed by atoms with Crippen molar-refractivity contribution in [1.29, 1.82) is 0 Å². The Bertz CT molecular complexity index is 508. The lowest BCUT2D eigenvalue weighted by atomic mass is 10.0. The van der Waals surface area contributed by atoms with Crippen LogP contribution in [-0.2, 0) is 11.3 Å². The summed E-state index contributed by atoms with van der Waals surface area (Å²) < 4.78 is 10.7. The van der Waals surface area contributed by atoms with E-state index in [2.05, 4.69) is 18.2 Å². The highest BCUT2D eigenvalue weighted by atomic mass is 16.5. The SMILES string of the molecule is COCCOc1ccccc1-c1ccc(CN)cc1. The topological polar surface area (TPSA) is 44.5 Å². The normalized spacial score (nSPS) is 10.4. The molecule has 3 heteroatoms. The van der Waals surface area contributed by atoms with Gasteiger partial charge >= 0.3 is 0 Å². The number of ether oxygens (including phenoxy) is 2. The van der Waals surface area contributed by atoms with E-state index in [0.717, 1.165) is 22.4 Å². The van der Waals surface area contributed by atoms with E-state index in [1.165, 1.54) is 0 Å². The first-order valence-corrected chi connectivity index (χ1v) is 6.35. The number of rotatable bonds is 6. The highest BCUT2D eigenvalue weighted by molar-refractivity contribution is 5.70. The molecule has 2 rings (SSSR count). The van der Waals surface area contributed by atoms with Crippen LogP contribution in [0, 0.1) is 0 Å². The second-order valence-corrected chi connectivity index (χ2v) is 4.24. The van der Waals surface area contributed by atoms with Crippen LogP contribution in [-0.4, -0.2) is 20.3 Å². The molecule has 0 aromatic heterocycles. The minimum atomic E-state index is 0.550. The number of benzene rings is 2. The molecule has 2 aromatic carbocycles. The van der Waals surface area contributed by atoms with E-state index >= 15 is 0 Å². The molecular formula is C16H19NO2. The van der Waals surface area contributed by atoms with Gasteiger partial charge < -0.3 is 15.2 Å². The maximum Gasteiger partial charge on any atom is 0.127 e. The van der Waals surface area contributed by atoms with E-state index in [1.807, 2.05) is 30.3 Å². The summed E-state index contributed by atoms with van der Waals surface area (Å²) >= 11 is 0. The van der Waals surface area contributed by atoms with E-state index in [9.17, 15) is 0 Å². The van der Waals surface area contributed by atoms with Crippen molar-refractivity contribution < 1.29 is 9.47 Å². The molecule has 0 spiro atoms. The predicted molar refractivity (Wildman–Crippen MR) is 77.1 cm³/mol. The van der Waals surface area contributed by atoms with Crippen molar-refractivity contribution in [3.05, 3.63) is 54.1 Å². The quantitative estimate of drug-likeness (QED) is 0.809. The summed E-state index contributed by atoms with van der Waals surface area (Å²) in [6, 6.07) is 16.2. The number of hydrogen-bond donors (Lipinski definition) is 1. The molecule has 0 amide bonds. The Morgan fingerprint density at radius 1 is 0.947 bits per heavy atom. The number of para-hydroxylation sites is 1. The first-order valence-electron chi connectivity index (χ1n) is 6.35. The van der Waals surface area contributed by atoms with Gasteiger partial charge in [0.2, 0.25) is 0 Å². The summed E-state index contributed by atoms with van der Waals surface area (Å²) in [5.41, 5.74) is 8.95. The zero-order chi connectivity index (χ0) is 13.5. The number of methoxy groups -OCH3 is 1. The molecular weight excluding hydrogens is 238 g/mol. The molecule has 0 saturated heterocycles. The third-order valence-corrected chi connectivity index (χ3v) is 2.93. The first kappa shape index (κ1) is 13.6. The van der Waals surface area contributed by atoms with Gasteiger partial charge in [-0.2, -0.15) is 0 Å². The molecule has 0 aliphatic heterocycles. The van der Waals surface area contributed by atoms with Crippen molar-refractivity contribution in [2.24, 2.45) is 5.73 Å². The Labute approximate surface area is 114 Å². The van der Waals surface area contributed by atoms with Crippen molar-refractivity contribution in [1.82, 2.24) is 0 Å². The molecule has 0 fully saturated rings. The van der Waals surface area contributed by atoms with Gasteiger partial charge in [-0.1, -0.05) is 42.5 Å². The van der Waals surface area contributed by atoms with E-state index in [4.69, 9.17) is 15.2 Å². The molecule has 0 saturated carbocycles. The molecule has 19 heavy (non-hydrogen) atoms. The second kappa shape index (κ2) is 6.92. The van der Waals surface area contributed by atoms with Crippen LogP contribution in [0.15, 0.2) is 48.5 Å². The van der Waals surface area contributed by atoms with Crippen molar-refractivity contribution in [3.63, 3.8) is 0 Å². The van der Waals surface area contributed by atoms with Crippen LogP contribution in [0.4, 0.5) is 0 Å². The van der Waals surface area contributed by atoms with Gasteiger partial charge in [0.05, 0.1) is 6.61 Å². The lowest BCUT2D eigenvalue weighted by Gasteiger charge is -2.11. The van der Waals surface area contributed by atoms with E-state index < -0.39 is 0 Å². The summed E-state index contributed by atoms with van der Waals surface area (Å²) in [6.45, 7) is 1.70. The number of nitrogens with two attached hydrogens (primary N) is 1. The van der Waals surface area contributed by atoms with Crippen molar-refractivity contribution in [2.75, 3.05) is 20.3 Å².